The van der Waals surface area contributed by atoms with Crippen molar-refractivity contribution in [2.24, 2.45) is 0 Å². The average molecular weight is 388 g/mol. The average Bonchev–Trinajstić information content (AvgIpc) is 2.78. The quantitative estimate of drug-likeness (QED) is 0.635. The minimum Gasteiger partial charge on any atom is -0.368 e. The van der Waals surface area contributed by atoms with Crippen molar-refractivity contribution in [3.63, 3.8) is 0 Å². The molecule has 4 rings (SSSR count). The zero-order valence-corrected chi connectivity index (χ0v) is 17.3. The molecular formula is C24H29N5. The molecule has 0 radical (unpaired) electrons. The molecule has 1 aliphatic heterocycles. The van der Waals surface area contributed by atoms with E-state index in [9.17, 15) is 0 Å². The number of rotatable bonds is 6. The molecule has 0 saturated carbocycles. The Labute approximate surface area is 173 Å². The predicted molar refractivity (Wildman–Crippen MR) is 121 cm³/mol. The molecule has 0 spiro atoms. The fraction of sp³-hybridized carbons (Fsp3) is 0.333. The van der Waals surface area contributed by atoms with Gasteiger partial charge in [0.25, 0.3) is 0 Å². The van der Waals surface area contributed by atoms with Gasteiger partial charge in [0.2, 0.25) is 0 Å². The molecule has 1 fully saturated rings. The maximum absolute atomic E-state index is 4.57. The highest BCUT2D eigenvalue weighted by molar-refractivity contribution is 5.53. The molecular weight excluding hydrogens is 358 g/mol. The van der Waals surface area contributed by atoms with Gasteiger partial charge in [-0.3, -0.25) is 0 Å². The summed E-state index contributed by atoms with van der Waals surface area (Å²) in [7, 11) is 0. The lowest BCUT2D eigenvalue weighted by atomic mass is 10.2. The minimum atomic E-state index is 0.856. The monoisotopic (exact) mass is 387 g/mol. The lowest BCUT2D eigenvalue weighted by molar-refractivity contribution is 0.646. The Bertz CT molecular complexity index is 919. The first-order valence-electron chi connectivity index (χ1n) is 10.4. The summed E-state index contributed by atoms with van der Waals surface area (Å²) in [6, 6.07) is 21.4. The van der Waals surface area contributed by atoms with Crippen molar-refractivity contribution < 1.29 is 0 Å². The van der Waals surface area contributed by atoms with Gasteiger partial charge in [0.1, 0.15) is 18.0 Å². The molecule has 1 aromatic heterocycles. The summed E-state index contributed by atoms with van der Waals surface area (Å²) in [4.78, 5) is 16.2. The van der Waals surface area contributed by atoms with Crippen LogP contribution in [0.3, 0.4) is 0 Å². The van der Waals surface area contributed by atoms with E-state index in [1.807, 2.05) is 0 Å². The number of hydrogen-bond acceptors (Lipinski definition) is 5. The van der Waals surface area contributed by atoms with Gasteiger partial charge in [0, 0.05) is 51.0 Å². The van der Waals surface area contributed by atoms with Crippen molar-refractivity contribution in [2.45, 2.75) is 20.4 Å². The summed E-state index contributed by atoms with van der Waals surface area (Å²) in [5, 5.41) is 0. The second-order valence-corrected chi connectivity index (χ2v) is 7.55. The van der Waals surface area contributed by atoms with Crippen molar-refractivity contribution in [3.8, 4) is 0 Å². The van der Waals surface area contributed by atoms with Crippen molar-refractivity contribution in [2.75, 3.05) is 47.4 Å². The number of hydrogen-bond donors (Lipinski definition) is 0. The molecule has 0 unspecified atom stereocenters. The van der Waals surface area contributed by atoms with Gasteiger partial charge in [0.15, 0.2) is 0 Å². The SMILES string of the molecule is CCN(Cc1ccccc1)c1cc(N2CCN(c3cccc(C)c3)CC2)ncn1. The third-order valence-electron chi connectivity index (χ3n) is 5.53. The third-order valence-corrected chi connectivity index (χ3v) is 5.53. The molecule has 1 aliphatic rings. The largest absolute Gasteiger partial charge is 0.368 e. The molecule has 1 saturated heterocycles. The fourth-order valence-corrected chi connectivity index (χ4v) is 3.86. The van der Waals surface area contributed by atoms with E-state index in [0.29, 0.717) is 0 Å². The smallest absolute Gasteiger partial charge is 0.134 e. The van der Waals surface area contributed by atoms with Crippen LogP contribution in [0, 0.1) is 6.92 Å². The summed E-state index contributed by atoms with van der Waals surface area (Å²) < 4.78 is 0. The van der Waals surface area contributed by atoms with E-state index in [1.165, 1.54) is 16.8 Å². The second kappa shape index (κ2) is 8.95. The van der Waals surface area contributed by atoms with E-state index in [-0.39, 0.29) is 0 Å². The summed E-state index contributed by atoms with van der Waals surface area (Å²) in [6.45, 7) is 10.0. The molecule has 0 aliphatic carbocycles. The van der Waals surface area contributed by atoms with Crippen LogP contribution >= 0.6 is 0 Å². The maximum Gasteiger partial charge on any atom is 0.134 e. The van der Waals surface area contributed by atoms with E-state index in [2.05, 4.69) is 99.2 Å². The zero-order chi connectivity index (χ0) is 20.1. The van der Waals surface area contributed by atoms with Gasteiger partial charge in [-0.1, -0.05) is 42.5 Å². The summed E-state index contributed by atoms with van der Waals surface area (Å²) >= 11 is 0. The highest BCUT2D eigenvalue weighted by atomic mass is 15.3. The number of piperazine rings is 1. The number of nitrogens with zero attached hydrogens (tertiary/aromatic N) is 5. The van der Waals surface area contributed by atoms with Gasteiger partial charge in [-0.2, -0.15) is 0 Å². The molecule has 0 atom stereocenters. The summed E-state index contributed by atoms with van der Waals surface area (Å²) in [5.41, 5.74) is 3.91. The van der Waals surface area contributed by atoms with Crippen LogP contribution in [0.5, 0.6) is 0 Å². The van der Waals surface area contributed by atoms with E-state index in [1.54, 1.807) is 6.33 Å². The fourth-order valence-electron chi connectivity index (χ4n) is 3.86. The van der Waals surface area contributed by atoms with Gasteiger partial charge in [-0.05, 0) is 37.1 Å². The van der Waals surface area contributed by atoms with Crippen molar-refractivity contribution in [3.05, 3.63) is 78.1 Å². The Hall–Kier alpha value is -3.08. The second-order valence-electron chi connectivity index (χ2n) is 7.55. The normalized spacial score (nSPS) is 14.1. The number of anilines is 3. The first-order chi connectivity index (χ1) is 14.2. The molecule has 0 bridgehead atoms. The van der Waals surface area contributed by atoms with Crippen molar-refractivity contribution in [1.82, 2.24) is 9.97 Å². The van der Waals surface area contributed by atoms with Gasteiger partial charge in [0.05, 0.1) is 0 Å². The Morgan fingerprint density at radius 1 is 0.862 bits per heavy atom. The minimum absolute atomic E-state index is 0.856. The molecule has 2 heterocycles. The summed E-state index contributed by atoms with van der Waals surface area (Å²) in [6.07, 6.45) is 1.70. The first kappa shape index (κ1) is 19.2. The maximum atomic E-state index is 4.57. The van der Waals surface area contributed by atoms with Gasteiger partial charge >= 0.3 is 0 Å². The van der Waals surface area contributed by atoms with Crippen LogP contribution in [-0.2, 0) is 6.54 Å². The lowest BCUT2D eigenvalue weighted by Crippen LogP contribution is -2.46. The molecule has 3 aromatic rings. The summed E-state index contributed by atoms with van der Waals surface area (Å²) in [5.74, 6) is 2.01. The lowest BCUT2D eigenvalue weighted by Gasteiger charge is -2.37. The molecule has 150 valence electrons. The molecule has 29 heavy (non-hydrogen) atoms. The van der Waals surface area contributed by atoms with E-state index in [0.717, 1.165) is 50.9 Å². The van der Waals surface area contributed by atoms with Crippen LogP contribution in [0.2, 0.25) is 0 Å². The predicted octanol–water partition coefficient (Wildman–Crippen LogP) is 4.14. The molecule has 5 heteroatoms. The van der Waals surface area contributed by atoms with Crippen LogP contribution in [0.1, 0.15) is 18.1 Å². The Balaban J connectivity index is 1.43. The Morgan fingerprint density at radius 3 is 2.34 bits per heavy atom. The molecule has 2 aromatic carbocycles. The molecule has 0 N–H and O–H groups in total. The van der Waals surface area contributed by atoms with Crippen LogP contribution < -0.4 is 14.7 Å². The topological polar surface area (TPSA) is 35.5 Å². The van der Waals surface area contributed by atoms with Crippen LogP contribution in [0.4, 0.5) is 17.3 Å². The van der Waals surface area contributed by atoms with E-state index < -0.39 is 0 Å². The zero-order valence-electron chi connectivity index (χ0n) is 17.3. The van der Waals surface area contributed by atoms with Crippen LogP contribution in [0.25, 0.3) is 0 Å². The number of benzene rings is 2. The Morgan fingerprint density at radius 2 is 1.62 bits per heavy atom. The first-order valence-corrected chi connectivity index (χ1v) is 10.4. The van der Waals surface area contributed by atoms with Crippen molar-refractivity contribution in [1.29, 1.82) is 0 Å². The number of aromatic nitrogens is 2. The molecule has 0 amide bonds. The van der Waals surface area contributed by atoms with Gasteiger partial charge in [-0.15, -0.1) is 0 Å². The van der Waals surface area contributed by atoms with Gasteiger partial charge < -0.3 is 14.7 Å². The highest BCUT2D eigenvalue weighted by Gasteiger charge is 2.19. The van der Waals surface area contributed by atoms with Crippen molar-refractivity contribution >= 4 is 17.3 Å². The third kappa shape index (κ3) is 4.67. The van der Waals surface area contributed by atoms with E-state index in [4.69, 9.17) is 0 Å². The van der Waals surface area contributed by atoms with E-state index >= 15 is 0 Å². The Kier molecular flexibility index (Phi) is 5.94. The number of aryl methyl sites for hydroxylation is 1. The van der Waals surface area contributed by atoms with Crippen LogP contribution in [0.15, 0.2) is 67.0 Å². The molecule has 5 nitrogen and oxygen atoms in total. The van der Waals surface area contributed by atoms with Gasteiger partial charge in [-0.25, -0.2) is 9.97 Å². The van der Waals surface area contributed by atoms with Crippen LogP contribution in [-0.4, -0.2) is 42.7 Å². The standard InChI is InChI=1S/C24H29N5/c1-3-27(18-21-9-5-4-6-10-21)23-17-24(26-19-25-23)29-14-12-28(13-15-29)22-11-7-8-20(2)16-22/h4-11,16-17,19H,3,12-15,18H2,1-2H3. The highest BCUT2D eigenvalue weighted by Crippen LogP contribution is 2.23.